The molecule has 0 saturated heterocycles. The molecule has 6 nitrogen and oxygen atoms in total. The molecule has 4 heterocycles. The van der Waals surface area contributed by atoms with E-state index in [0.717, 1.165) is 43.6 Å². The van der Waals surface area contributed by atoms with E-state index in [2.05, 4.69) is 22.3 Å². The number of thiazole rings is 2. The van der Waals surface area contributed by atoms with Gasteiger partial charge < -0.3 is 0 Å². The fraction of sp³-hybridized carbons (Fsp3) is 0. The zero-order valence-corrected chi connectivity index (χ0v) is 15.9. The van der Waals surface area contributed by atoms with Crippen LogP contribution in [-0.4, -0.2) is 47.9 Å². The summed E-state index contributed by atoms with van der Waals surface area (Å²) in [4.78, 5) is 8.94. The van der Waals surface area contributed by atoms with Gasteiger partial charge in [-0.05, 0) is 0 Å². The first-order valence-electron chi connectivity index (χ1n) is 6.22. The van der Waals surface area contributed by atoms with Gasteiger partial charge in [0, 0.05) is 0 Å². The third-order valence-corrected chi connectivity index (χ3v) is 7.29. The summed E-state index contributed by atoms with van der Waals surface area (Å²) in [5, 5.41) is 5.90. The van der Waals surface area contributed by atoms with Crippen LogP contribution in [0.25, 0.3) is 32.2 Å². The minimum absolute atomic E-state index is 0.108. The van der Waals surface area contributed by atoms with Crippen molar-refractivity contribution in [2.75, 3.05) is 4.33 Å². The summed E-state index contributed by atoms with van der Waals surface area (Å²) in [6, 6.07) is 0. The summed E-state index contributed by atoms with van der Waals surface area (Å²) in [5.41, 5.74) is 6.01. The molecule has 1 aliphatic rings. The van der Waals surface area contributed by atoms with Crippen LogP contribution in [0.5, 0.6) is 0 Å². The van der Waals surface area contributed by atoms with Gasteiger partial charge in [0.2, 0.25) is 0 Å². The predicted molar refractivity (Wildman–Crippen MR) is 91.6 cm³/mol. The van der Waals surface area contributed by atoms with Gasteiger partial charge in [0.05, 0.1) is 0 Å². The Bertz CT molecular complexity index is 1010. The van der Waals surface area contributed by atoms with Crippen LogP contribution in [0.2, 0.25) is 0 Å². The molecular formula is C12H6N6S2Se2. The molecule has 0 spiro atoms. The van der Waals surface area contributed by atoms with Crippen LogP contribution in [0.1, 0.15) is 0 Å². The molecule has 108 valence electrons. The van der Waals surface area contributed by atoms with Crippen molar-refractivity contribution in [2.24, 2.45) is 3.96 Å². The van der Waals surface area contributed by atoms with Crippen molar-refractivity contribution in [3.63, 3.8) is 0 Å². The number of fused-ring (bicyclic) bond motifs is 2. The van der Waals surface area contributed by atoms with Crippen LogP contribution in [0, 0.1) is 0 Å². The first kappa shape index (κ1) is 13.2. The molecule has 1 aliphatic heterocycles. The van der Waals surface area contributed by atoms with Crippen molar-refractivity contribution in [3.05, 3.63) is 23.2 Å². The van der Waals surface area contributed by atoms with Crippen LogP contribution >= 0.6 is 22.7 Å². The van der Waals surface area contributed by atoms with Crippen molar-refractivity contribution in [1.82, 2.24) is 17.9 Å². The van der Waals surface area contributed by atoms with Crippen LogP contribution in [0.3, 0.4) is 0 Å². The van der Waals surface area contributed by atoms with Crippen LogP contribution in [0.15, 0.2) is 27.1 Å². The Morgan fingerprint density at radius 1 is 0.955 bits per heavy atom. The first-order chi connectivity index (χ1) is 10.9. The number of benzene rings is 1. The third-order valence-electron chi connectivity index (χ3n) is 3.29. The van der Waals surface area contributed by atoms with Gasteiger partial charge in [0.25, 0.3) is 0 Å². The molecular weight excluding hydrogens is 450 g/mol. The Morgan fingerprint density at radius 2 is 1.64 bits per heavy atom. The molecule has 0 bridgehead atoms. The van der Waals surface area contributed by atoms with Gasteiger partial charge in [0.15, 0.2) is 0 Å². The van der Waals surface area contributed by atoms with E-state index >= 15 is 0 Å². The molecule has 0 amide bonds. The summed E-state index contributed by atoms with van der Waals surface area (Å²) >= 11 is 2.84. The monoisotopic (exact) mass is 458 g/mol. The molecule has 5 rings (SSSR count). The fourth-order valence-electron chi connectivity index (χ4n) is 2.43. The van der Waals surface area contributed by atoms with Gasteiger partial charge in [-0.1, -0.05) is 0 Å². The summed E-state index contributed by atoms with van der Waals surface area (Å²) in [5.74, 6) is 0. The average Bonchev–Trinajstić information content (AvgIpc) is 3.29. The molecule has 0 unspecified atom stereocenters. The van der Waals surface area contributed by atoms with E-state index in [1.807, 2.05) is 23.2 Å². The molecule has 0 fully saturated rings. The number of aromatic nitrogens is 4. The Morgan fingerprint density at radius 3 is 2.32 bits per heavy atom. The zero-order valence-electron chi connectivity index (χ0n) is 10.7. The SMILES string of the molecule is c1csc(-c2c3c(c(-c4nccs4)c4n[se]nc24)N[SeH]=N3)n1. The quantitative estimate of drug-likeness (QED) is 0.470. The fourth-order valence-corrected chi connectivity index (χ4v) is 6.38. The van der Waals surface area contributed by atoms with Crippen molar-refractivity contribution < 1.29 is 0 Å². The first-order valence-corrected chi connectivity index (χ1v) is 11.3. The molecule has 22 heavy (non-hydrogen) atoms. The van der Waals surface area contributed by atoms with Gasteiger partial charge in [0.1, 0.15) is 0 Å². The summed E-state index contributed by atoms with van der Waals surface area (Å²) in [6.45, 7) is 0. The average molecular weight is 456 g/mol. The van der Waals surface area contributed by atoms with E-state index in [1.165, 1.54) is 0 Å². The summed E-state index contributed by atoms with van der Waals surface area (Å²) in [7, 11) is 0. The number of nitrogens with one attached hydrogen (secondary N) is 1. The Kier molecular flexibility index (Phi) is 3.07. The van der Waals surface area contributed by atoms with Crippen molar-refractivity contribution in [3.8, 4) is 21.1 Å². The van der Waals surface area contributed by atoms with Crippen LogP contribution in [0.4, 0.5) is 11.4 Å². The topological polar surface area (TPSA) is 76.0 Å². The van der Waals surface area contributed by atoms with Gasteiger partial charge >= 0.3 is 146 Å². The molecule has 0 atom stereocenters. The molecule has 0 radical (unpaired) electrons. The third kappa shape index (κ3) is 1.83. The zero-order chi connectivity index (χ0) is 14.5. The van der Waals surface area contributed by atoms with Crippen molar-refractivity contribution in [1.29, 1.82) is 0 Å². The normalized spacial score (nSPS) is 13.1. The molecule has 1 N–H and O–H groups in total. The molecule has 10 heteroatoms. The number of anilines is 1. The number of rotatable bonds is 2. The van der Waals surface area contributed by atoms with Crippen LogP contribution in [-0.2, 0) is 0 Å². The number of hydrogen-bond donors (Lipinski definition) is 1. The van der Waals surface area contributed by atoms with Gasteiger partial charge in [-0.25, -0.2) is 0 Å². The van der Waals surface area contributed by atoms with E-state index < -0.39 is 0 Å². The van der Waals surface area contributed by atoms with E-state index in [4.69, 9.17) is 3.96 Å². The Hall–Kier alpha value is -1.28. The molecule has 4 aromatic rings. The van der Waals surface area contributed by atoms with Gasteiger partial charge in [-0.2, -0.15) is 0 Å². The predicted octanol–water partition coefficient (Wildman–Crippen LogP) is 2.53. The number of nitrogens with zero attached hydrogens (tertiary/aromatic N) is 5. The maximum atomic E-state index is 4.73. The Balaban J connectivity index is 1.96. The standard InChI is InChI=1S/C12H6N6S2Se2/c1-3-19-11(13-1)5-7-9(17-21-15-7)6(12-14-2-4-20-12)10-8(5)16-22-18-10/h1-4,21H,(H,15,17). The molecule has 0 saturated carbocycles. The van der Waals surface area contributed by atoms with Crippen molar-refractivity contribution >= 4 is 75.0 Å². The molecule has 1 aromatic carbocycles. The minimum atomic E-state index is -0.284. The van der Waals surface area contributed by atoms with Crippen molar-refractivity contribution in [2.45, 2.75) is 0 Å². The second kappa shape index (κ2) is 5.12. The Labute approximate surface area is 145 Å². The second-order valence-corrected chi connectivity index (χ2v) is 8.63. The van der Waals surface area contributed by atoms with E-state index in [0.29, 0.717) is 0 Å². The van der Waals surface area contributed by atoms with Crippen LogP contribution < -0.4 is 4.33 Å². The molecule has 3 aromatic heterocycles. The number of hydrogen-bond acceptors (Lipinski definition) is 8. The summed E-state index contributed by atoms with van der Waals surface area (Å²) < 4.78 is 17.5. The molecule has 0 aliphatic carbocycles. The second-order valence-electron chi connectivity index (χ2n) is 4.42. The van der Waals surface area contributed by atoms with E-state index in [9.17, 15) is 0 Å². The van der Waals surface area contributed by atoms with E-state index in [1.54, 1.807) is 22.7 Å². The van der Waals surface area contributed by atoms with E-state index in [-0.39, 0.29) is 29.9 Å². The maximum absolute atomic E-state index is 4.73. The van der Waals surface area contributed by atoms with Gasteiger partial charge in [-0.15, -0.1) is 0 Å². The van der Waals surface area contributed by atoms with Gasteiger partial charge in [-0.3, -0.25) is 0 Å². The summed E-state index contributed by atoms with van der Waals surface area (Å²) in [6.07, 6.45) is 3.64.